The molecular weight excluding hydrogens is 200 g/mol. The largest absolute Gasteiger partial charge is 0.396 e. The SMILES string of the molecule is OCCC(CCO)c1ccc(Cl)cc1. The molecule has 0 spiro atoms. The second-order valence-corrected chi connectivity index (χ2v) is 3.71. The van der Waals surface area contributed by atoms with Gasteiger partial charge >= 0.3 is 0 Å². The highest BCUT2D eigenvalue weighted by Gasteiger charge is 2.09. The summed E-state index contributed by atoms with van der Waals surface area (Å²) >= 11 is 5.77. The van der Waals surface area contributed by atoms with Crippen LogP contribution in [0.2, 0.25) is 5.02 Å². The Morgan fingerprint density at radius 3 is 1.93 bits per heavy atom. The number of hydrogen-bond acceptors (Lipinski definition) is 2. The third-order valence-corrected chi connectivity index (χ3v) is 2.55. The van der Waals surface area contributed by atoms with Crippen molar-refractivity contribution in [1.29, 1.82) is 0 Å². The first kappa shape index (κ1) is 11.5. The lowest BCUT2D eigenvalue weighted by Crippen LogP contribution is -2.03. The fourth-order valence-corrected chi connectivity index (χ4v) is 1.65. The normalized spacial score (nSPS) is 10.9. The average molecular weight is 215 g/mol. The van der Waals surface area contributed by atoms with E-state index in [9.17, 15) is 0 Å². The zero-order chi connectivity index (χ0) is 10.4. The van der Waals surface area contributed by atoms with E-state index in [1.165, 1.54) is 0 Å². The number of halogens is 1. The molecule has 0 heterocycles. The van der Waals surface area contributed by atoms with Crippen LogP contribution in [0.4, 0.5) is 0 Å². The Morgan fingerprint density at radius 1 is 1.00 bits per heavy atom. The minimum atomic E-state index is 0.146. The Hall–Kier alpha value is -0.570. The van der Waals surface area contributed by atoms with Crippen molar-refractivity contribution < 1.29 is 10.2 Å². The van der Waals surface area contributed by atoms with Crippen molar-refractivity contribution in [1.82, 2.24) is 0 Å². The van der Waals surface area contributed by atoms with Crippen LogP contribution in [0.15, 0.2) is 24.3 Å². The molecule has 0 fully saturated rings. The molecule has 0 bridgehead atoms. The monoisotopic (exact) mass is 214 g/mol. The summed E-state index contributed by atoms with van der Waals surface area (Å²) in [4.78, 5) is 0. The molecule has 0 aliphatic carbocycles. The van der Waals surface area contributed by atoms with E-state index in [0.29, 0.717) is 17.9 Å². The molecule has 1 aromatic rings. The lowest BCUT2D eigenvalue weighted by Gasteiger charge is -2.14. The molecule has 78 valence electrons. The highest BCUT2D eigenvalue weighted by Crippen LogP contribution is 2.24. The lowest BCUT2D eigenvalue weighted by atomic mass is 9.93. The van der Waals surface area contributed by atoms with Crippen molar-refractivity contribution in [3.05, 3.63) is 34.9 Å². The van der Waals surface area contributed by atoms with Crippen molar-refractivity contribution in [3.8, 4) is 0 Å². The van der Waals surface area contributed by atoms with Crippen molar-refractivity contribution in [2.24, 2.45) is 0 Å². The Kier molecular flexibility index (Phi) is 4.94. The van der Waals surface area contributed by atoms with E-state index < -0.39 is 0 Å². The molecule has 1 aromatic carbocycles. The smallest absolute Gasteiger partial charge is 0.0436 e. The molecule has 0 aliphatic rings. The van der Waals surface area contributed by atoms with Gasteiger partial charge in [0.25, 0.3) is 0 Å². The van der Waals surface area contributed by atoms with Crippen molar-refractivity contribution in [3.63, 3.8) is 0 Å². The molecule has 2 nitrogen and oxygen atoms in total. The van der Waals surface area contributed by atoms with Crippen LogP contribution in [0.25, 0.3) is 0 Å². The summed E-state index contributed by atoms with van der Waals surface area (Å²) in [5.74, 6) is 0.224. The van der Waals surface area contributed by atoms with Crippen molar-refractivity contribution in [2.45, 2.75) is 18.8 Å². The Morgan fingerprint density at radius 2 is 1.50 bits per heavy atom. The quantitative estimate of drug-likeness (QED) is 0.789. The minimum absolute atomic E-state index is 0.146. The number of rotatable bonds is 5. The van der Waals surface area contributed by atoms with Crippen molar-refractivity contribution in [2.75, 3.05) is 13.2 Å². The summed E-state index contributed by atoms with van der Waals surface area (Å²) in [5, 5.41) is 18.5. The Balaban J connectivity index is 2.71. The highest BCUT2D eigenvalue weighted by molar-refractivity contribution is 6.30. The fraction of sp³-hybridized carbons (Fsp3) is 0.455. The molecule has 0 atom stereocenters. The molecule has 0 radical (unpaired) electrons. The van der Waals surface area contributed by atoms with Crippen LogP contribution >= 0.6 is 11.6 Å². The molecule has 0 aromatic heterocycles. The number of hydrogen-bond donors (Lipinski definition) is 2. The molecule has 1 rings (SSSR count). The van der Waals surface area contributed by atoms with Gasteiger partial charge in [-0.05, 0) is 36.5 Å². The lowest BCUT2D eigenvalue weighted by molar-refractivity contribution is 0.242. The van der Waals surface area contributed by atoms with Gasteiger partial charge in [0.15, 0.2) is 0 Å². The van der Waals surface area contributed by atoms with E-state index in [2.05, 4.69) is 0 Å². The van der Waals surface area contributed by atoms with Gasteiger partial charge in [-0.25, -0.2) is 0 Å². The molecule has 0 unspecified atom stereocenters. The third kappa shape index (κ3) is 3.29. The Labute approximate surface area is 89.1 Å². The maximum Gasteiger partial charge on any atom is 0.0436 e. The fourth-order valence-electron chi connectivity index (χ4n) is 1.52. The number of aliphatic hydroxyl groups is 2. The van der Waals surface area contributed by atoms with E-state index in [1.807, 2.05) is 24.3 Å². The van der Waals surface area contributed by atoms with Gasteiger partial charge in [0.1, 0.15) is 0 Å². The second-order valence-electron chi connectivity index (χ2n) is 3.27. The van der Waals surface area contributed by atoms with Crippen molar-refractivity contribution >= 4 is 11.6 Å². The van der Waals surface area contributed by atoms with Gasteiger partial charge in [-0.3, -0.25) is 0 Å². The van der Waals surface area contributed by atoms with E-state index in [4.69, 9.17) is 21.8 Å². The standard InChI is InChI=1S/C11H15ClO2/c12-11-3-1-9(2-4-11)10(5-7-13)6-8-14/h1-4,10,13-14H,5-8H2. The van der Waals surface area contributed by atoms with Crippen LogP contribution in [-0.2, 0) is 0 Å². The van der Waals surface area contributed by atoms with E-state index in [-0.39, 0.29) is 19.1 Å². The van der Waals surface area contributed by atoms with E-state index >= 15 is 0 Å². The summed E-state index contributed by atoms with van der Waals surface area (Å²) < 4.78 is 0. The van der Waals surface area contributed by atoms with Crippen LogP contribution in [0.3, 0.4) is 0 Å². The molecule has 3 heteroatoms. The maximum absolute atomic E-state index is 8.87. The summed E-state index contributed by atoms with van der Waals surface area (Å²) in [5.41, 5.74) is 1.12. The maximum atomic E-state index is 8.87. The van der Waals surface area contributed by atoms with Gasteiger partial charge in [0.2, 0.25) is 0 Å². The van der Waals surface area contributed by atoms with Gasteiger partial charge in [-0.1, -0.05) is 23.7 Å². The molecule has 0 saturated carbocycles. The average Bonchev–Trinajstić information content (AvgIpc) is 2.19. The molecule has 0 saturated heterocycles. The van der Waals surface area contributed by atoms with Gasteiger partial charge in [0, 0.05) is 18.2 Å². The van der Waals surface area contributed by atoms with Crippen LogP contribution < -0.4 is 0 Å². The van der Waals surface area contributed by atoms with Crippen LogP contribution in [0.5, 0.6) is 0 Å². The minimum Gasteiger partial charge on any atom is -0.396 e. The number of benzene rings is 1. The third-order valence-electron chi connectivity index (χ3n) is 2.30. The predicted octanol–water partition coefficient (Wildman–Crippen LogP) is 2.19. The van der Waals surface area contributed by atoms with E-state index in [0.717, 1.165) is 5.56 Å². The topological polar surface area (TPSA) is 40.5 Å². The molecule has 2 N–H and O–H groups in total. The first-order valence-corrected chi connectivity index (χ1v) is 5.13. The Bertz CT molecular complexity index is 252. The van der Waals surface area contributed by atoms with E-state index in [1.54, 1.807) is 0 Å². The molecule has 0 aliphatic heterocycles. The second kappa shape index (κ2) is 6.02. The van der Waals surface area contributed by atoms with Crippen LogP contribution in [0.1, 0.15) is 24.3 Å². The summed E-state index contributed by atoms with van der Waals surface area (Å²) in [7, 11) is 0. The molecule has 14 heavy (non-hydrogen) atoms. The summed E-state index contributed by atoms with van der Waals surface area (Å²) in [6.45, 7) is 0.292. The van der Waals surface area contributed by atoms with Crippen LogP contribution in [0, 0.1) is 0 Å². The first-order chi connectivity index (χ1) is 6.77. The van der Waals surface area contributed by atoms with Gasteiger partial charge in [-0.15, -0.1) is 0 Å². The highest BCUT2D eigenvalue weighted by atomic mass is 35.5. The molecule has 0 amide bonds. The zero-order valence-corrected chi connectivity index (χ0v) is 8.74. The van der Waals surface area contributed by atoms with Gasteiger partial charge < -0.3 is 10.2 Å². The number of aliphatic hydroxyl groups excluding tert-OH is 2. The zero-order valence-electron chi connectivity index (χ0n) is 7.99. The summed E-state index contributed by atoms with van der Waals surface area (Å²) in [6, 6.07) is 7.55. The predicted molar refractivity (Wildman–Crippen MR) is 57.6 cm³/mol. The summed E-state index contributed by atoms with van der Waals surface area (Å²) in [6.07, 6.45) is 1.37. The van der Waals surface area contributed by atoms with Crippen LogP contribution in [-0.4, -0.2) is 23.4 Å². The van der Waals surface area contributed by atoms with Gasteiger partial charge in [-0.2, -0.15) is 0 Å². The first-order valence-electron chi connectivity index (χ1n) is 4.75. The van der Waals surface area contributed by atoms with Gasteiger partial charge in [0.05, 0.1) is 0 Å². The molecular formula is C11H15ClO2.